The van der Waals surface area contributed by atoms with Crippen LogP contribution in [0.4, 0.5) is 0 Å². The van der Waals surface area contributed by atoms with Gasteiger partial charge in [-0.1, -0.05) is 89.8 Å². The zero-order valence-corrected chi connectivity index (χ0v) is 15.8. The van der Waals surface area contributed by atoms with Crippen molar-refractivity contribution in [1.82, 2.24) is 5.32 Å². The highest BCUT2D eigenvalue weighted by atomic mass is 79.9. The van der Waals surface area contributed by atoms with Gasteiger partial charge in [0.15, 0.2) is 0 Å². The second-order valence-corrected chi connectivity index (χ2v) is 7.59. The molecule has 1 fully saturated rings. The van der Waals surface area contributed by atoms with Crippen LogP contribution in [0.2, 0.25) is 0 Å². The molecule has 2 aromatic rings. The molecule has 0 bridgehead atoms. The van der Waals surface area contributed by atoms with E-state index in [1.54, 1.807) is 0 Å². The fourth-order valence-electron chi connectivity index (χ4n) is 4.27. The van der Waals surface area contributed by atoms with Gasteiger partial charge in [-0.2, -0.15) is 0 Å². The van der Waals surface area contributed by atoms with E-state index in [0.29, 0.717) is 0 Å². The maximum Gasteiger partial charge on any atom is 0.252 e. The summed E-state index contributed by atoms with van der Waals surface area (Å²) >= 11 is 3.65. The van der Waals surface area contributed by atoms with Gasteiger partial charge in [0, 0.05) is 10.9 Å². The number of benzene rings is 2. The molecule has 0 radical (unpaired) electrons. The number of alkyl halides is 1. The highest BCUT2D eigenvalue weighted by Gasteiger charge is 2.44. The number of hydrogen-bond donors (Lipinski definition) is 1. The van der Waals surface area contributed by atoms with Gasteiger partial charge in [0.1, 0.15) is 0 Å². The second-order valence-electron chi connectivity index (χ2n) is 7.03. The molecule has 1 aliphatic heterocycles. The van der Waals surface area contributed by atoms with Crippen LogP contribution in [0, 0.1) is 0 Å². The minimum Gasteiger partial charge on any atom is -0.343 e. The molecular formula is C22H22BrNO. The Kier molecular flexibility index (Phi) is 4.51. The summed E-state index contributed by atoms with van der Waals surface area (Å²) in [7, 11) is 0. The fraction of sp³-hybridized carbons (Fsp3) is 0.318. The molecule has 0 unspecified atom stereocenters. The number of halogens is 1. The Morgan fingerprint density at radius 1 is 0.840 bits per heavy atom. The SMILES string of the molecule is O=C1NC2(CCCCC2)C(CBr)=C1c1ccc(-c2ccccc2)cc1. The van der Waals surface area contributed by atoms with E-state index in [1.165, 1.54) is 36.0 Å². The monoisotopic (exact) mass is 395 g/mol. The molecule has 2 aromatic carbocycles. The fourth-order valence-corrected chi connectivity index (χ4v) is 5.09. The molecular weight excluding hydrogens is 374 g/mol. The van der Waals surface area contributed by atoms with Gasteiger partial charge in [-0.25, -0.2) is 0 Å². The molecule has 1 N–H and O–H groups in total. The molecule has 0 saturated heterocycles. The van der Waals surface area contributed by atoms with Gasteiger partial charge in [-0.3, -0.25) is 4.79 Å². The first-order valence-electron chi connectivity index (χ1n) is 9.01. The maximum atomic E-state index is 12.8. The first-order valence-corrected chi connectivity index (χ1v) is 10.1. The summed E-state index contributed by atoms with van der Waals surface area (Å²) in [4.78, 5) is 12.8. The smallest absolute Gasteiger partial charge is 0.252 e. The van der Waals surface area contributed by atoms with Crippen molar-refractivity contribution < 1.29 is 4.79 Å². The van der Waals surface area contributed by atoms with E-state index in [4.69, 9.17) is 0 Å². The van der Waals surface area contributed by atoms with Crippen molar-refractivity contribution in [2.45, 2.75) is 37.6 Å². The summed E-state index contributed by atoms with van der Waals surface area (Å²) in [6, 6.07) is 18.7. The van der Waals surface area contributed by atoms with E-state index < -0.39 is 0 Å². The first kappa shape index (κ1) is 16.6. The number of nitrogens with one attached hydrogen (secondary N) is 1. The Morgan fingerprint density at radius 2 is 1.44 bits per heavy atom. The van der Waals surface area contributed by atoms with Crippen molar-refractivity contribution in [2.75, 3.05) is 5.33 Å². The van der Waals surface area contributed by atoms with E-state index in [-0.39, 0.29) is 11.4 Å². The van der Waals surface area contributed by atoms with Crippen LogP contribution >= 0.6 is 15.9 Å². The van der Waals surface area contributed by atoms with Crippen LogP contribution < -0.4 is 5.32 Å². The van der Waals surface area contributed by atoms with Crippen LogP contribution in [0.5, 0.6) is 0 Å². The van der Waals surface area contributed by atoms with Gasteiger partial charge in [0.05, 0.1) is 5.54 Å². The van der Waals surface area contributed by atoms with Crippen molar-refractivity contribution in [1.29, 1.82) is 0 Å². The van der Waals surface area contributed by atoms with E-state index in [2.05, 4.69) is 57.6 Å². The molecule has 25 heavy (non-hydrogen) atoms. The van der Waals surface area contributed by atoms with Gasteiger partial charge in [-0.15, -0.1) is 0 Å². The summed E-state index contributed by atoms with van der Waals surface area (Å²) in [5, 5.41) is 4.07. The van der Waals surface area contributed by atoms with Crippen molar-refractivity contribution in [3.63, 3.8) is 0 Å². The molecule has 1 amide bonds. The van der Waals surface area contributed by atoms with Crippen LogP contribution in [0.25, 0.3) is 16.7 Å². The van der Waals surface area contributed by atoms with Gasteiger partial charge >= 0.3 is 0 Å². The average molecular weight is 396 g/mol. The van der Waals surface area contributed by atoms with Crippen LogP contribution in [0.3, 0.4) is 0 Å². The van der Waals surface area contributed by atoms with Crippen molar-refractivity contribution >= 4 is 27.4 Å². The Hall–Kier alpha value is -1.87. The lowest BCUT2D eigenvalue weighted by Crippen LogP contribution is -2.46. The van der Waals surface area contributed by atoms with E-state index in [0.717, 1.165) is 29.3 Å². The van der Waals surface area contributed by atoms with Gasteiger partial charge in [-0.05, 0) is 35.1 Å². The molecule has 1 spiro atoms. The van der Waals surface area contributed by atoms with Gasteiger partial charge in [0.25, 0.3) is 5.91 Å². The van der Waals surface area contributed by atoms with Crippen LogP contribution in [0.15, 0.2) is 60.2 Å². The molecule has 2 nitrogen and oxygen atoms in total. The Labute approximate surface area is 157 Å². The quantitative estimate of drug-likeness (QED) is 0.698. The zero-order chi connectivity index (χ0) is 17.3. The topological polar surface area (TPSA) is 29.1 Å². The lowest BCUT2D eigenvalue weighted by Gasteiger charge is -2.35. The Balaban J connectivity index is 1.72. The largest absolute Gasteiger partial charge is 0.343 e. The highest BCUT2D eigenvalue weighted by molar-refractivity contribution is 9.09. The summed E-state index contributed by atoms with van der Waals surface area (Å²) in [5.74, 6) is 0.0869. The van der Waals surface area contributed by atoms with Crippen LogP contribution in [-0.4, -0.2) is 16.8 Å². The third-order valence-corrected chi connectivity index (χ3v) is 6.14. The zero-order valence-electron chi connectivity index (χ0n) is 14.2. The van der Waals surface area contributed by atoms with Crippen molar-refractivity contribution in [2.24, 2.45) is 0 Å². The van der Waals surface area contributed by atoms with Crippen molar-refractivity contribution in [3.05, 3.63) is 65.7 Å². The lowest BCUT2D eigenvalue weighted by atomic mass is 9.77. The number of carbonyl (C=O) groups excluding carboxylic acids is 1. The number of hydrogen-bond acceptors (Lipinski definition) is 1. The molecule has 0 aromatic heterocycles. The molecule has 0 atom stereocenters. The summed E-state index contributed by atoms with van der Waals surface area (Å²) in [6.45, 7) is 0. The molecule has 2 aliphatic rings. The van der Waals surface area contributed by atoms with Crippen LogP contribution in [-0.2, 0) is 4.79 Å². The van der Waals surface area contributed by atoms with E-state index >= 15 is 0 Å². The van der Waals surface area contributed by atoms with Crippen LogP contribution in [0.1, 0.15) is 37.7 Å². The minimum atomic E-state index is -0.119. The number of amides is 1. The second kappa shape index (κ2) is 6.80. The lowest BCUT2D eigenvalue weighted by molar-refractivity contribution is -0.116. The standard InChI is InChI=1S/C22H22BrNO/c23-15-19-20(21(25)24-22(19)13-5-2-6-14-22)18-11-9-17(10-12-18)16-7-3-1-4-8-16/h1,3-4,7-12H,2,5-6,13-15H2,(H,24,25). The molecule has 3 heteroatoms. The van der Waals surface area contributed by atoms with Gasteiger partial charge in [0.2, 0.25) is 0 Å². The van der Waals surface area contributed by atoms with E-state index in [9.17, 15) is 4.79 Å². The molecule has 1 heterocycles. The van der Waals surface area contributed by atoms with Gasteiger partial charge < -0.3 is 5.32 Å². The highest BCUT2D eigenvalue weighted by Crippen LogP contribution is 2.43. The van der Waals surface area contributed by atoms with Crippen molar-refractivity contribution in [3.8, 4) is 11.1 Å². The Morgan fingerprint density at radius 3 is 2.08 bits per heavy atom. The predicted molar refractivity (Wildman–Crippen MR) is 107 cm³/mol. The van der Waals surface area contributed by atoms with E-state index in [1.807, 2.05) is 18.2 Å². The maximum absolute atomic E-state index is 12.8. The molecule has 1 saturated carbocycles. The third kappa shape index (κ3) is 2.95. The molecule has 4 rings (SSSR count). The first-order chi connectivity index (χ1) is 12.2. The number of carbonyl (C=O) groups is 1. The number of rotatable bonds is 3. The average Bonchev–Trinajstić information content (AvgIpc) is 2.93. The summed E-state index contributed by atoms with van der Waals surface area (Å²) < 4.78 is 0. The normalized spacial score (nSPS) is 19.3. The molecule has 1 aliphatic carbocycles. The summed E-state index contributed by atoms with van der Waals surface area (Å²) in [5.41, 5.74) is 5.39. The summed E-state index contributed by atoms with van der Waals surface area (Å²) in [6.07, 6.45) is 5.78. The Bertz CT molecular complexity index is 802. The minimum absolute atomic E-state index is 0.0869. The molecule has 128 valence electrons. The predicted octanol–water partition coefficient (Wildman–Crippen LogP) is 5.33. The third-order valence-electron chi connectivity index (χ3n) is 5.58.